The predicted molar refractivity (Wildman–Crippen MR) is 116 cm³/mol. The van der Waals surface area contributed by atoms with Crippen LogP contribution in [0.5, 0.6) is 0 Å². The molecule has 3 heterocycles. The second kappa shape index (κ2) is 8.04. The number of hydrogen-bond donors (Lipinski definition) is 0. The van der Waals surface area contributed by atoms with Gasteiger partial charge in [0, 0.05) is 32.4 Å². The summed E-state index contributed by atoms with van der Waals surface area (Å²) >= 11 is 0.967. The monoisotopic (exact) mass is 472 g/mol. The Kier molecular flexibility index (Phi) is 5.19. The number of sulfonamides is 1. The average molecular weight is 473 g/mol. The van der Waals surface area contributed by atoms with Crippen molar-refractivity contribution < 1.29 is 17.6 Å². The minimum absolute atomic E-state index is 0.123. The highest BCUT2D eigenvalue weighted by atomic mass is 32.2. The van der Waals surface area contributed by atoms with E-state index in [2.05, 4.69) is 13.8 Å². The lowest BCUT2D eigenvalue weighted by atomic mass is 10.3. The highest BCUT2D eigenvalue weighted by molar-refractivity contribution is 7.89. The second-order valence-electron chi connectivity index (χ2n) is 7.21. The van der Waals surface area contributed by atoms with Crippen molar-refractivity contribution in [2.75, 3.05) is 26.2 Å². The Morgan fingerprint density at radius 1 is 1.00 bits per heavy atom. The maximum Gasteiger partial charge on any atom is 0.274 e. The Morgan fingerprint density at radius 3 is 2.56 bits per heavy atom. The molecule has 0 N–H and O–H groups in total. The van der Waals surface area contributed by atoms with E-state index in [-0.39, 0.29) is 42.7 Å². The molecular weight excluding hydrogens is 455 g/mol. The Labute approximate surface area is 187 Å². The van der Waals surface area contributed by atoms with Gasteiger partial charge in [0.25, 0.3) is 5.91 Å². The Bertz CT molecular complexity index is 1410. The third-order valence-electron chi connectivity index (χ3n) is 5.27. The largest absolute Gasteiger partial charge is 0.335 e. The highest BCUT2D eigenvalue weighted by Crippen LogP contribution is 2.25. The third kappa shape index (κ3) is 3.66. The molecule has 0 spiro atoms. The molecular formula is C20H17FN6O3S2. The average Bonchev–Trinajstić information content (AvgIpc) is 3.48. The van der Waals surface area contributed by atoms with Gasteiger partial charge in [-0.2, -0.15) is 18.2 Å². The van der Waals surface area contributed by atoms with Crippen LogP contribution in [-0.2, 0) is 10.0 Å². The van der Waals surface area contributed by atoms with Crippen molar-refractivity contribution in [3.63, 3.8) is 0 Å². The van der Waals surface area contributed by atoms with Crippen LogP contribution in [0, 0.1) is 5.82 Å². The van der Waals surface area contributed by atoms with E-state index in [9.17, 15) is 17.6 Å². The predicted octanol–water partition coefficient (Wildman–Crippen LogP) is 2.16. The first kappa shape index (κ1) is 20.7. The van der Waals surface area contributed by atoms with Crippen LogP contribution in [-0.4, -0.2) is 68.2 Å². The summed E-state index contributed by atoms with van der Waals surface area (Å²) in [6.07, 6.45) is 1.59. The zero-order chi connectivity index (χ0) is 22.3. The fourth-order valence-electron chi connectivity index (χ4n) is 3.62. The number of amides is 1. The van der Waals surface area contributed by atoms with Crippen LogP contribution in [0.2, 0.25) is 0 Å². The van der Waals surface area contributed by atoms with Crippen LogP contribution in [0.3, 0.4) is 0 Å². The normalized spacial score (nSPS) is 15.3. The smallest absolute Gasteiger partial charge is 0.274 e. The number of benzene rings is 2. The molecule has 1 aliphatic rings. The van der Waals surface area contributed by atoms with E-state index in [1.807, 2.05) is 0 Å². The summed E-state index contributed by atoms with van der Waals surface area (Å²) in [5, 5.41) is 4.25. The molecule has 0 aliphatic carbocycles. The standard InChI is InChI=1S/C20H17FN6O3S2/c21-14-3-1-4-15(13-14)27-8-7-17(22-27)20(28)25-9-11-26(12-10-25)32(29,30)18-6-2-5-16-19(18)24-31-23-16/h1-8,13H,9-12H2. The lowest BCUT2D eigenvalue weighted by molar-refractivity contribution is 0.0691. The number of carbonyl (C=O) groups excluding carboxylic acids is 1. The molecule has 0 atom stereocenters. The topological polar surface area (TPSA) is 101 Å². The molecule has 1 aliphatic heterocycles. The molecule has 5 rings (SSSR count). The maximum atomic E-state index is 13.5. The van der Waals surface area contributed by atoms with Gasteiger partial charge in [-0.1, -0.05) is 12.1 Å². The molecule has 0 saturated carbocycles. The van der Waals surface area contributed by atoms with Crippen molar-refractivity contribution in [2.24, 2.45) is 0 Å². The van der Waals surface area contributed by atoms with Gasteiger partial charge in [0.05, 0.1) is 17.4 Å². The second-order valence-corrected chi connectivity index (χ2v) is 9.64. The Balaban J connectivity index is 1.30. The summed E-state index contributed by atoms with van der Waals surface area (Å²) in [4.78, 5) is 14.6. The minimum atomic E-state index is -3.76. The third-order valence-corrected chi connectivity index (χ3v) is 7.75. The zero-order valence-electron chi connectivity index (χ0n) is 16.6. The van der Waals surface area contributed by atoms with Crippen LogP contribution in [0.4, 0.5) is 4.39 Å². The van der Waals surface area contributed by atoms with Gasteiger partial charge >= 0.3 is 0 Å². The quantitative estimate of drug-likeness (QED) is 0.451. The molecule has 0 unspecified atom stereocenters. The molecule has 9 nitrogen and oxygen atoms in total. The number of halogens is 1. The summed E-state index contributed by atoms with van der Waals surface area (Å²) in [5.41, 5.74) is 1.62. The molecule has 2 aromatic heterocycles. The number of fused-ring (bicyclic) bond motifs is 1. The lowest BCUT2D eigenvalue weighted by Gasteiger charge is -2.33. The van der Waals surface area contributed by atoms with Crippen LogP contribution in [0.15, 0.2) is 59.6 Å². The van der Waals surface area contributed by atoms with Crippen molar-refractivity contribution >= 4 is 38.7 Å². The molecule has 0 radical (unpaired) electrons. The first-order chi connectivity index (χ1) is 15.4. The van der Waals surface area contributed by atoms with Gasteiger partial charge in [-0.05, 0) is 36.4 Å². The number of rotatable bonds is 4. The van der Waals surface area contributed by atoms with Crippen molar-refractivity contribution in [1.29, 1.82) is 0 Å². The molecule has 32 heavy (non-hydrogen) atoms. The molecule has 12 heteroatoms. The first-order valence-corrected chi connectivity index (χ1v) is 11.9. The van der Waals surface area contributed by atoms with Crippen LogP contribution >= 0.6 is 11.7 Å². The van der Waals surface area contributed by atoms with Crippen molar-refractivity contribution in [3.8, 4) is 5.69 Å². The van der Waals surface area contributed by atoms with E-state index in [1.54, 1.807) is 41.4 Å². The zero-order valence-corrected chi connectivity index (χ0v) is 18.3. The molecule has 4 aromatic rings. The maximum absolute atomic E-state index is 13.5. The van der Waals surface area contributed by atoms with Crippen molar-refractivity contribution in [2.45, 2.75) is 4.90 Å². The van der Waals surface area contributed by atoms with Crippen LogP contribution in [0.25, 0.3) is 16.7 Å². The van der Waals surface area contributed by atoms with E-state index in [4.69, 9.17) is 0 Å². The first-order valence-electron chi connectivity index (χ1n) is 9.76. The summed E-state index contributed by atoms with van der Waals surface area (Å²) in [6.45, 7) is 0.783. The number of hydrogen-bond acceptors (Lipinski definition) is 7. The van der Waals surface area contributed by atoms with E-state index in [0.29, 0.717) is 16.7 Å². The summed E-state index contributed by atoms with van der Waals surface area (Å²) in [6, 6.07) is 12.4. The van der Waals surface area contributed by atoms with Gasteiger partial charge in [-0.25, -0.2) is 17.5 Å². The van der Waals surface area contributed by atoms with Gasteiger partial charge in [0.15, 0.2) is 5.69 Å². The summed E-state index contributed by atoms with van der Waals surface area (Å²) in [7, 11) is -3.76. The number of aromatic nitrogens is 4. The minimum Gasteiger partial charge on any atom is -0.335 e. The number of piperazine rings is 1. The van der Waals surface area contributed by atoms with E-state index in [0.717, 1.165) is 11.7 Å². The lowest BCUT2D eigenvalue weighted by Crippen LogP contribution is -2.50. The molecule has 1 fully saturated rings. The molecule has 1 saturated heterocycles. The van der Waals surface area contributed by atoms with Crippen LogP contribution < -0.4 is 0 Å². The molecule has 1 amide bonds. The van der Waals surface area contributed by atoms with E-state index >= 15 is 0 Å². The number of nitrogens with zero attached hydrogens (tertiary/aromatic N) is 6. The fourth-order valence-corrected chi connectivity index (χ4v) is 5.80. The van der Waals surface area contributed by atoms with Crippen LogP contribution in [0.1, 0.15) is 10.5 Å². The van der Waals surface area contributed by atoms with Gasteiger partial charge < -0.3 is 4.90 Å². The van der Waals surface area contributed by atoms with Gasteiger partial charge in [-0.15, -0.1) is 0 Å². The van der Waals surface area contributed by atoms with E-state index in [1.165, 1.54) is 27.2 Å². The summed E-state index contributed by atoms with van der Waals surface area (Å²) < 4.78 is 50.8. The van der Waals surface area contributed by atoms with Crippen molar-refractivity contribution in [1.82, 2.24) is 27.7 Å². The highest BCUT2D eigenvalue weighted by Gasteiger charge is 2.32. The van der Waals surface area contributed by atoms with E-state index < -0.39 is 15.8 Å². The van der Waals surface area contributed by atoms with Gasteiger partial charge in [0.2, 0.25) is 10.0 Å². The fraction of sp³-hybridized carbons (Fsp3) is 0.200. The van der Waals surface area contributed by atoms with Gasteiger partial charge in [-0.3, -0.25) is 4.79 Å². The Morgan fingerprint density at radius 2 is 1.78 bits per heavy atom. The molecule has 2 aromatic carbocycles. The van der Waals surface area contributed by atoms with Gasteiger partial charge in [0.1, 0.15) is 21.7 Å². The SMILES string of the molecule is O=C(c1ccn(-c2cccc(F)c2)n1)N1CCN(S(=O)(=O)c2cccc3nsnc23)CC1. The summed E-state index contributed by atoms with van der Waals surface area (Å²) in [5.74, 6) is -0.699. The van der Waals surface area contributed by atoms with Crippen molar-refractivity contribution in [3.05, 3.63) is 66.2 Å². The molecule has 164 valence electrons. The molecule has 0 bridgehead atoms. The Hall–Kier alpha value is -3.22. The number of carbonyl (C=O) groups is 1.